The van der Waals surface area contributed by atoms with Gasteiger partial charge in [0, 0.05) is 6.04 Å². The second-order valence-electron chi connectivity index (χ2n) is 5.81. The number of nitrogens with zero attached hydrogens (tertiary/aromatic N) is 1. The van der Waals surface area contributed by atoms with E-state index in [4.69, 9.17) is 4.74 Å². The largest absolute Gasteiger partial charge is 0.364 e. The first-order chi connectivity index (χ1) is 10.9. The van der Waals surface area contributed by atoms with Gasteiger partial charge in [0.15, 0.2) is 9.84 Å². The van der Waals surface area contributed by atoms with E-state index >= 15 is 0 Å². The summed E-state index contributed by atoms with van der Waals surface area (Å²) in [4.78, 5) is 19.4. The number of imidazole rings is 1. The number of amides is 1. The second-order valence-corrected chi connectivity index (χ2v) is 8.04. The number of ether oxygens (including phenoxy) is 1. The van der Waals surface area contributed by atoms with Crippen molar-refractivity contribution in [2.24, 2.45) is 0 Å². The fraction of sp³-hybridized carbons (Fsp3) is 0.467. The Morgan fingerprint density at radius 1 is 1.48 bits per heavy atom. The van der Waals surface area contributed by atoms with Gasteiger partial charge in [-0.15, -0.1) is 0 Å². The van der Waals surface area contributed by atoms with E-state index < -0.39 is 9.84 Å². The van der Waals surface area contributed by atoms with Crippen LogP contribution in [0.4, 0.5) is 0 Å². The summed E-state index contributed by atoms with van der Waals surface area (Å²) >= 11 is 0. The van der Waals surface area contributed by atoms with E-state index in [-0.39, 0.29) is 36.7 Å². The third kappa shape index (κ3) is 3.89. The Morgan fingerprint density at radius 2 is 2.30 bits per heavy atom. The lowest BCUT2D eigenvalue weighted by atomic mass is 10.2. The van der Waals surface area contributed by atoms with Crippen molar-refractivity contribution < 1.29 is 17.9 Å². The smallest absolute Gasteiger partial charge is 0.246 e. The van der Waals surface area contributed by atoms with E-state index in [9.17, 15) is 13.2 Å². The summed E-state index contributed by atoms with van der Waals surface area (Å²) in [5.74, 6) is 0.503. The molecule has 7 nitrogen and oxygen atoms in total. The first-order valence-corrected chi connectivity index (χ1v) is 9.27. The SMILES string of the molecule is Cc1cccc2[nH]c(COCC(=O)N[C@@H]3CCS(=O)(=O)C3)nc12. The highest BCUT2D eigenvalue weighted by Crippen LogP contribution is 2.15. The highest BCUT2D eigenvalue weighted by atomic mass is 32.2. The van der Waals surface area contributed by atoms with Gasteiger partial charge in [-0.2, -0.15) is 0 Å². The predicted molar refractivity (Wildman–Crippen MR) is 85.7 cm³/mol. The van der Waals surface area contributed by atoms with E-state index in [0.29, 0.717) is 12.2 Å². The zero-order valence-electron chi connectivity index (χ0n) is 12.8. The molecule has 0 saturated carbocycles. The van der Waals surface area contributed by atoms with Gasteiger partial charge in [0.05, 0.1) is 22.5 Å². The number of sulfone groups is 1. The lowest BCUT2D eigenvalue weighted by Crippen LogP contribution is -2.37. The van der Waals surface area contributed by atoms with E-state index in [1.165, 1.54) is 0 Å². The van der Waals surface area contributed by atoms with Gasteiger partial charge in [-0.05, 0) is 25.0 Å². The Balaban J connectivity index is 1.49. The molecule has 1 aromatic heterocycles. The number of aromatic amines is 1. The van der Waals surface area contributed by atoms with Crippen molar-refractivity contribution in [1.29, 1.82) is 0 Å². The lowest BCUT2D eigenvalue weighted by molar-refractivity contribution is -0.126. The molecule has 1 fully saturated rings. The Bertz CT molecular complexity index is 828. The number of hydrogen-bond acceptors (Lipinski definition) is 5. The third-order valence-electron chi connectivity index (χ3n) is 3.83. The van der Waals surface area contributed by atoms with Crippen LogP contribution in [0, 0.1) is 6.92 Å². The average molecular weight is 337 g/mol. The molecule has 1 amide bonds. The fourth-order valence-electron chi connectivity index (χ4n) is 2.71. The van der Waals surface area contributed by atoms with Crippen molar-refractivity contribution in [2.75, 3.05) is 18.1 Å². The molecule has 1 aliphatic heterocycles. The zero-order valence-corrected chi connectivity index (χ0v) is 13.6. The minimum atomic E-state index is -2.99. The number of carbonyl (C=O) groups excluding carboxylic acids is 1. The molecule has 0 spiro atoms. The molecule has 3 rings (SSSR count). The highest BCUT2D eigenvalue weighted by Gasteiger charge is 2.28. The van der Waals surface area contributed by atoms with Crippen molar-refractivity contribution >= 4 is 26.8 Å². The first kappa shape index (κ1) is 15.9. The average Bonchev–Trinajstić information content (AvgIpc) is 3.03. The van der Waals surface area contributed by atoms with Crippen LogP contribution in [0.15, 0.2) is 18.2 Å². The maximum atomic E-state index is 11.8. The Hall–Kier alpha value is -1.93. The van der Waals surface area contributed by atoms with Gasteiger partial charge < -0.3 is 15.0 Å². The van der Waals surface area contributed by atoms with Crippen molar-refractivity contribution in [3.63, 3.8) is 0 Å². The van der Waals surface area contributed by atoms with Crippen molar-refractivity contribution in [2.45, 2.75) is 26.0 Å². The van der Waals surface area contributed by atoms with Crippen LogP contribution in [0.5, 0.6) is 0 Å². The Labute approximate surface area is 134 Å². The number of aromatic nitrogens is 2. The summed E-state index contributed by atoms with van der Waals surface area (Å²) in [6, 6.07) is 5.57. The molecule has 0 unspecified atom stereocenters. The maximum absolute atomic E-state index is 11.8. The van der Waals surface area contributed by atoms with E-state index in [2.05, 4.69) is 15.3 Å². The van der Waals surface area contributed by atoms with Gasteiger partial charge >= 0.3 is 0 Å². The number of fused-ring (bicyclic) bond motifs is 1. The van der Waals surface area contributed by atoms with Crippen LogP contribution in [0.25, 0.3) is 11.0 Å². The van der Waals surface area contributed by atoms with Crippen LogP contribution in [0.2, 0.25) is 0 Å². The molecule has 1 atom stereocenters. The number of nitrogens with one attached hydrogen (secondary N) is 2. The molecular formula is C15H19N3O4S. The van der Waals surface area contributed by atoms with Crippen LogP contribution in [0.1, 0.15) is 17.8 Å². The summed E-state index contributed by atoms with van der Waals surface area (Å²) in [6.45, 7) is 2.06. The van der Waals surface area contributed by atoms with Crippen molar-refractivity contribution in [3.8, 4) is 0 Å². The standard InChI is InChI=1S/C15H19N3O4S/c1-10-3-2-4-12-15(10)18-13(17-12)7-22-8-14(19)16-11-5-6-23(20,21)9-11/h2-4,11H,5-9H2,1H3,(H,16,19)(H,17,18)/t11-/m1/s1. The quantitative estimate of drug-likeness (QED) is 0.836. The van der Waals surface area contributed by atoms with Gasteiger partial charge in [0.1, 0.15) is 19.0 Å². The van der Waals surface area contributed by atoms with E-state index in [1.54, 1.807) is 0 Å². The van der Waals surface area contributed by atoms with Crippen molar-refractivity contribution in [1.82, 2.24) is 15.3 Å². The molecule has 2 N–H and O–H groups in total. The summed E-state index contributed by atoms with van der Waals surface area (Å²) in [7, 11) is -2.99. The lowest BCUT2D eigenvalue weighted by Gasteiger charge is -2.10. The van der Waals surface area contributed by atoms with Gasteiger partial charge in [0.25, 0.3) is 0 Å². The molecule has 0 radical (unpaired) electrons. The summed E-state index contributed by atoms with van der Waals surface area (Å²) in [5.41, 5.74) is 2.90. The number of H-pyrrole nitrogens is 1. The molecule has 1 aromatic carbocycles. The van der Waals surface area contributed by atoms with Gasteiger partial charge in [-0.3, -0.25) is 4.79 Å². The number of hydrogen-bond donors (Lipinski definition) is 2. The summed E-state index contributed by atoms with van der Waals surface area (Å²) < 4.78 is 28.0. The third-order valence-corrected chi connectivity index (χ3v) is 5.60. The number of benzene rings is 1. The van der Waals surface area contributed by atoms with E-state index in [1.807, 2.05) is 25.1 Å². The molecule has 8 heteroatoms. The molecule has 2 heterocycles. The zero-order chi connectivity index (χ0) is 16.4. The number of aryl methyl sites for hydroxylation is 1. The highest BCUT2D eigenvalue weighted by molar-refractivity contribution is 7.91. The number of carbonyl (C=O) groups is 1. The molecule has 2 aromatic rings. The van der Waals surface area contributed by atoms with Gasteiger partial charge in [0.2, 0.25) is 5.91 Å². The van der Waals surface area contributed by atoms with Gasteiger partial charge in [-0.1, -0.05) is 12.1 Å². The van der Waals surface area contributed by atoms with Crippen LogP contribution in [-0.2, 0) is 26.0 Å². The molecule has 0 aliphatic carbocycles. The minimum Gasteiger partial charge on any atom is -0.364 e. The fourth-order valence-corrected chi connectivity index (χ4v) is 4.39. The predicted octanol–water partition coefficient (Wildman–Crippen LogP) is 0.691. The first-order valence-electron chi connectivity index (χ1n) is 7.45. The minimum absolute atomic E-state index is 0.0155. The van der Waals surface area contributed by atoms with Crippen LogP contribution in [0.3, 0.4) is 0 Å². The monoisotopic (exact) mass is 337 g/mol. The Kier molecular flexibility index (Phi) is 4.36. The summed E-state index contributed by atoms with van der Waals surface area (Å²) in [6.07, 6.45) is 0.469. The normalized spacial score (nSPS) is 20.0. The molecule has 1 aliphatic rings. The van der Waals surface area contributed by atoms with Crippen LogP contribution < -0.4 is 5.32 Å². The van der Waals surface area contributed by atoms with Gasteiger partial charge in [-0.25, -0.2) is 13.4 Å². The second kappa shape index (κ2) is 6.29. The number of rotatable bonds is 5. The number of para-hydroxylation sites is 1. The van der Waals surface area contributed by atoms with Crippen molar-refractivity contribution in [3.05, 3.63) is 29.6 Å². The topological polar surface area (TPSA) is 101 Å². The van der Waals surface area contributed by atoms with E-state index in [0.717, 1.165) is 16.6 Å². The molecule has 124 valence electrons. The van der Waals surface area contributed by atoms with Crippen LogP contribution >= 0.6 is 0 Å². The molecular weight excluding hydrogens is 318 g/mol. The molecule has 23 heavy (non-hydrogen) atoms. The Morgan fingerprint density at radius 3 is 3.00 bits per heavy atom. The molecule has 0 bridgehead atoms. The van der Waals surface area contributed by atoms with Crippen LogP contribution in [-0.4, -0.2) is 48.4 Å². The molecule has 1 saturated heterocycles. The maximum Gasteiger partial charge on any atom is 0.246 e. The summed E-state index contributed by atoms with van der Waals surface area (Å²) in [5, 5.41) is 2.68.